The van der Waals surface area contributed by atoms with Gasteiger partial charge in [-0.25, -0.2) is 8.42 Å². The molecule has 25 heavy (non-hydrogen) atoms. The van der Waals surface area contributed by atoms with Gasteiger partial charge in [-0.05, 0) is 51.0 Å². The smallest absolute Gasteiger partial charge is 0.268 e. The van der Waals surface area contributed by atoms with Crippen LogP contribution in [-0.2, 0) is 17.1 Å². The van der Waals surface area contributed by atoms with Gasteiger partial charge in [-0.2, -0.15) is 4.31 Å². The Balaban J connectivity index is 1.99. The van der Waals surface area contributed by atoms with Crippen LogP contribution in [0.2, 0.25) is 0 Å². The van der Waals surface area contributed by atoms with Gasteiger partial charge in [-0.15, -0.1) is 0 Å². The maximum atomic E-state index is 12.8. The van der Waals surface area contributed by atoms with Gasteiger partial charge in [0.15, 0.2) is 0 Å². The highest BCUT2D eigenvalue weighted by Gasteiger charge is 2.26. The van der Waals surface area contributed by atoms with Crippen LogP contribution in [0.15, 0.2) is 29.2 Å². The number of hydrogen-bond donors (Lipinski definition) is 1. The molecule has 0 radical (unpaired) electrons. The van der Waals surface area contributed by atoms with Crippen molar-refractivity contribution in [3.63, 3.8) is 0 Å². The lowest BCUT2D eigenvalue weighted by molar-refractivity contribution is 0.0935. The minimum absolute atomic E-state index is 0.0422. The number of nitrogens with one attached hydrogen (secondary N) is 1. The molecule has 0 saturated carbocycles. The van der Waals surface area contributed by atoms with Crippen LogP contribution in [-0.4, -0.2) is 42.3 Å². The van der Waals surface area contributed by atoms with Crippen molar-refractivity contribution in [3.8, 4) is 0 Å². The van der Waals surface area contributed by atoms with E-state index in [1.807, 2.05) is 20.9 Å². The van der Waals surface area contributed by atoms with Crippen molar-refractivity contribution < 1.29 is 13.2 Å². The monoisotopic (exact) mass is 363 g/mol. The first kappa shape index (κ1) is 17.9. The fourth-order valence-electron chi connectivity index (χ4n) is 3.30. The molecule has 1 amide bonds. The van der Waals surface area contributed by atoms with Crippen LogP contribution in [0, 0.1) is 0 Å². The molecule has 1 aromatic carbocycles. The van der Waals surface area contributed by atoms with Crippen LogP contribution in [0.5, 0.6) is 0 Å². The number of benzene rings is 1. The van der Waals surface area contributed by atoms with Gasteiger partial charge in [0.1, 0.15) is 5.69 Å². The number of aryl methyl sites for hydroxylation is 1. The molecule has 1 fully saturated rings. The highest BCUT2D eigenvalue weighted by atomic mass is 32.2. The Bertz CT molecular complexity index is 894. The Hall–Kier alpha value is -1.86. The molecule has 7 heteroatoms. The Morgan fingerprint density at radius 1 is 1.12 bits per heavy atom. The maximum Gasteiger partial charge on any atom is 0.268 e. The fourth-order valence-corrected chi connectivity index (χ4v) is 4.85. The average Bonchev–Trinajstić information content (AvgIpc) is 2.91. The number of amides is 1. The summed E-state index contributed by atoms with van der Waals surface area (Å²) in [4.78, 5) is 12.6. The van der Waals surface area contributed by atoms with E-state index in [1.54, 1.807) is 33.1 Å². The molecule has 1 aliphatic heterocycles. The van der Waals surface area contributed by atoms with Gasteiger partial charge in [0.05, 0.1) is 4.90 Å². The molecule has 0 spiro atoms. The third kappa shape index (κ3) is 3.43. The first-order valence-electron chi connectivity index (χ1n) is 8.71. The van der Waals surface area contributed by atoms with Crippen LogP contribution in [0.3, 0.4) is 0 Å². The fraction of sp³-hybridized carbons (Fsp3) is 0.500. The number of aromatic nitrogens is 1. The van der Waals surface area contributed by atoms with E-state index in [1.165, 1.54) is 0 Å². The molecule has 2 aromatic rings. The summed E-state index contributed by atoms with van der Waals surface area (Å²) in [7, 11) is -1.66. The summed E-state index contributed by atoms with van der Waals surface area (Å²) < 4.78 is 29.0. The maximum absolute atomic E-state index is 12.8. The molecule has 1 N–H and O–H groups in total. The number of carbonyl (C=O) groups excluding carboxylic acids is 1. The lowest BCUT2D eigenvalue weighted by atomic mass is 10.2. The Morgan fingerprint density at radius 2 is 1.80 bits per heavy atom. The molecule has 6 nitrogen and oxygen atoms in total. The average molecular weight is 363 g/mol. The molecule has 1 saturated heterocycles. The van der Waals surface area contributed by atoms with Crippen molar-refractivity contribution in [3.05, 3.63) is 30.0 Å². The number of rotatable bonds is 4. The second-order valence-corrected chi connectivity index (χ2v) is 8.84. The molecule has 3 rings (SSSR count). The quantitative estimate of drug-likeness (QED) is 0.907. The predicted molar refractivity (Wildman–Crippen MR) is 98.1 cm³/mol. The van der Waals surface area contributed by atoms with Crippen molar-refractivity contribution >= 4 is 26.8 Å². The van der Waals surface area contributed by atoms with Crippen LogP contribution >= 0.6 is 0 Å². The zero-order valence-corrected chi connectivity index (χ0v) is 15.8. The highest BCUT2D eigenvalue weighted by molar-refractivity contribution is 7.89. The molecule has 0 aliphatic carbocycles. The van der Waals surface area contributed by atoms with Crippen LogP contribution in [0.4, 0.5) is 0 Å². The number of carbonyl (C=O) groups is 1. The van der Waals surface area contributed by atoms with Crippen LogP contribution < -0.4 is 5.32 Å². The van der Waals surface area contributed by atoms with Crippen molar-refractivity contribution in [2.45, 2.75) is 44.0 Å². The number of sulfonamides is 1. The molecular formula is C18H25N3O3S. The van der Waals surface area contributed by atoms with Gasteiger partial charge in [-0.3, -0.25) is 4.79 Å². The van der Waals surface area contributed by atoms with E-state index < -0.39 is 10.0 Å². The molecule has 1 aliphatic rings. The summed E-state index contributed by atoms with van der Waals surface area (Å²) >= 11 is 0. The molecule has 136 valence electrons. The number of piperidine rings is 1. The third-order valence-corrected chi connectivity index (χ3v) is 6.51. The van der Waals surface area contributed by atoms with E-state index in [9.17, 15) is 13.2 Å². The first-order chi connectivity index (χ1) is 11.8. The van der Waals surface area contributed by atoms with Crippen LogP contribution in [0.1, 0.15) is 43.6 Å². The van der Waals surface area contributed by atoms with Gasteiger partial charge in [0.25, 0.3) is 5.91 Å². The van der Waals surface area contributed by atoms with E-state index in [4.69, 9.17) is 0 Å². The molecule has 0 atom stereocenters. The van der Waals surface area contributed by atoms with Gasteiger partial charge in [0, 0.05) is 37.1 Å². The van der Waals surface area contributed by atoms with Crippen molar-refractivity contribution in [1.82, 2.24) is 14.2 Å². The zero-order chi connectivity index (χ0) is 18.2. The summed E-state index contributed by atoms with van der Waals surface area (Å²) in [5, 5.41) is 3.63. The van der Waals surface area contributed by atoms with Gasteiger partial charge in [0.2, 0.25) is 10.0 Å². The molecule has 0 bridgehead atoms. The van der Waals surface area contributed by atoms with E-state index in [2.05, 4.69) is 5.32 Å². The summed E-state index contributed by atoms with van der Waals surface area (Å²) in [5.74, 6) is -0.158. The van der Waals surface area contributed by atoms with Gasteiger partial charge < -0.3 is 9.88 Å². The second kappa shape index (κ2) is 6.80. The molecular weight excluding hydrogens is 338 g/mol. The van der Waals surface area contributed by atoms with Crippen molar-refractivity contribution in [2.75, 3.05) is 13.1 Å². The summed E-state index contributed by atoms with van der Waals surface area (Å²) in [6.45, 7) is 4.97. The van der Waals surface area contributed by atoms with Gasteiger partial charge in [-0.1, -0.05) is 6.42 Å². The Labute approximate surface area is 148 Å². The minimum atomic E-state index is -3.47. The minimum Gasteiger partial charge on any atom is -0.349 e. The largest absolute Gasteiger partial charge is 0.349 e. The van der Waals surface area contributed by atoms with Gasteiger partial charge >= 0.3 is 0 Å². The van der Waals surface area contributed by atoms with E-state index in [0.717, 1.165) is 30.2 Å². The zero-order valence-electron chi connectivity index (χ0n) is 14.9. The van der Waals surface area contributed by atoms with E-state index in [0.29, 0.717) is 23.7 Å². The Kier molecular flexibility index (Phi) is 4.88. The van der Waals surface area contributed by atoms with Crippen LogP contribution in [0.25, 0.3) is 10.9 Å². The summed E-state index contributed by atoms with van der Waals surface area (Å²) in [6, 6.07) is 6.88. The lowest BCUT2D eigenvalue weighted by Gasteiger charge is -2.25. The Morgan fingerprint density at radius 3 is 2.44 bits per heavy atom. The summed E-state index contributed by atoms with van der Waals surface area (Å²) in [5.41, 5.74) is 1.36. The van der Waals surface area contributed by atoms with Crippen molar-refractivity contribution in [2.24, 2.45) is 7.05 Å². The first-order valence-corrected chi connectivity index (χ1v) is 10.1. The van der Waals surface area contributed by atoms with E-state index >= 15 is 0 Å². The highest BCUT2D eigenvalue weighted by Crippen LogP contribution is 2.26. The third-order valence-electron chi connectivity index (χ3n) is 4.62. The predicted octanol–water partition coefficient (Wildman–Crippen LogP) is 2.49. The topological polar surface area (TPSA) is 71.4 Å². The van der Waals surface area contributed by atoms with Crippen molar-refractivity contribution in [1.29, 1.82) is 0 Å². The molecule has 2 heterocycles. The lowest BCUT2D eigenvalue weighted by Crippen LogP contribution is -2.35. The normalized spacial score (nSPS) is 16.5. The second-order valence-electron chi connectivity index (χ2n) is 6.90. The standard InChI is InChI=1S/C18H25N3O3S/c1-13(2)19-18(22)17-12-14-11-15(7-8-16(14)20(17)3)25(23,24)21-9-5-4-6-10-21/h7-8,11-13H,4-6,9-10H2,1-3H3,(H,19,22). The summed E-state index contributed by atoms with van der Waals surface area (Å²) in [6.07, 6.45) is 2.90. The van der Waals surface area contributed by atoms with E-state index in [-0.39, 0.29) is 11.9 Å². The molecule has 1 aromatic heterocycles. The number of fused-ring (bicyclic) bond motifs is 1. The molecule has 0 unspecified atom stereocenters. The SMILES string of the molecule is CC(C)NC(=O)c1cc2cc(S(=O)(=O)N3CCCCC3)ccc2n1C. The number of nitrogens with zero attached hydrogens (tertiary/aromatic N) is 2. The number of hydrogen-bond acceptors (Lipinski definition) is 3.